The topological polar surface area (TPSA) is 41.6 Å². The van der Waals surface area contributed by atoms with Crippen molar-refractivity contribution < 1.29 is 9.53 Å². The van der Waals surface area contributed by atoms with E-state index >= 15 is 0 Å². The van der Waals surface area contributed by atoms with E-state index in [-0.39, 0.29) is 5.91 Å². The highest BCUT2D eigenvalue weighted by Gasteiger charge is 2.77. The molecule has 1 N–H and O–H groups in total. The second-order valence-corrected chi connectivity index (χ2v) is 6.63. The third-order valence-corrected chi connectivity index (χ3v) is 5.17. The summed E-state index contributed by atoms with van der Waals surface area (Å²) in [4.78, 5) is 13.0. The Morgan fingerprint density at radius 1 is 0.692 bits per heavy atom. The minimum absolute atomic E-state index is 0.121. The Kier molecular flexibility index (Phi) is 3.15. The fraction of sp³-hybridized carbons (Fsp3) is 0.0870. The molecule has 1 saturated heterocycles. The number of ether oxygens (including phenoxy) is 1. The average Bonchev–Trinajstić information content (AvgIpc) is 3.29. The van der Waals surface area contributed by atoms with Crippen molar-refractivity contribution in [2.45, 2.75) is 11.2 Å². The van der Waals surface area contributed by atoms with Crippen LogP contribution in [0.25, 0.3) is 5.70 Å². The van der Waals surface area contributed by atoms with Crippen LogP contribution in [0.4, 0.5) is 0 Å². The van der Waals surface area contributed by atoms with E-state index in [4.69, 9.17) is 4.74 Å². The van der Waals surface area contributed by atoms with Crippen molar-refractivity contribution in [3.8, 4) is 0 Å². The molecule has 3 aromatic carbocycles. The summed E-state index contributed by atoms with van der Waals surface area (Å²) in [6.45, 7) is 0. The summed E-state index contributed by atoms with van der Waals surface area (Å²) in [5, 5.41) is 3.01. The number of nitrogens with one attached hydrogen (secondary N) is 1. The Morgan fingerprint density at radius 3 is 1.73 bits per heavy atom. The second kappa shape index (κ2) is 5.41. The SMILES string of the molecule is O=C1NC(c2ccccc2)=CC12OC2(c1ccccc1)c1ccccc1. The summed E-state index contributed by atoms with van der Waals surface area (Å²) in [5.74, 6) is -0.121. The third kappa shape index (κ3) is 1.95. The van der Waals surface area contributed by atoms with E-state index in [0.717, 1.165) is 22.4 Å². The van der Waals surface area contributed by atoms with Gasteiger partial charge in [-0.15, -0.1) is 0 Å². The van der Waals surface area contributed by atoms with Gasteiger partial charge in [-0.3, -0.25) is 4.79 Å². The second-order valence-electron chi connectivity index (χ2n) is 6.63. The van der Waals surface area contributed by atoms with E-state index < -0.39 is 11.2 Å². The Hall–Kier alpha value is -3.17. The standard InChI is InChI=1S/C23H17NO2/c25-21-22(16-20(24-21)17-10-4-1-5-11-17)23(26-22,18-12-6-2-7-13-18)19-14-8-3-9-15-19/h1-16H,(H,24,25). The molecule has 0 aromatic heterocycles. The zero-order valence-electron chi connectivity index (χ0n) is 14.1. The smallest absolute Gasteiger partial charge is 0.264 e. The number of amides is 1. The van der Waals surface area contributed by atoms with Crippen LogP contribution in [0.1, 0.15) is 16.7 Å². The molecule has 2 heterocycles. The molecule has 3 aromatic rings. The summed E-state index contributed by atoms with van der Waals surface area (Å²) >= 11 is 0. The molecule has 1 atom stereocenters. The molecule has 1 amide bonds. The number of carbonyl (C=O) groups excluding carboxylic acids is 1. The molecular formula is C23H17NO2. The molecule has 5 rings (SSSR count). The van der Waals surface area contributed by atoms with Gasteiger partial charge in [0.25, 0.3) is 5.91 Å². The van der Waals surface area contributed by atoms with E-state index in [1.165, 1.54) is 0 Å². The molecule has 0 saturated carbocycles. The van der Waals surface area contributed by atoms with Gasteiger partial charge in [0.15, 0.2) is 5.60 Å². The van der Waals surface area contributed by atoms with Crippen molar-refractivity contribution in [2.75, 3.05) is 0 Å². The van der Waals surface area contributed by atoms with Gasteiger partial charge in [-0.1, -0.05) is 91.0 Å². The van der Waals surface area contributed by atoms with Crippen LogP contribution in [0.2, 0.25) is 0 Å². The Bertz CT molecular complexity index is 957. The summed E-state index contributed by atoms with van der Waals surface area (Å²) in [6, 6.07) is 29.8. The number of epoxide rings is 1. The quantitative estimate of drug-likeness (QED) is 0.736. The van der Waals surface area contributed by atoms with E-state index in [1.807, 2.05) is 97.1 Å². The Morgan fingerprint density at radius 2 is 1.19 bits per heavy atom. The van der Waals surface area contributed by atoms with E-state index in [2.05, 4.69) is 5.32 Å². The third-order valence-electron chi connectivity index (χ3n) is 5.17. The first kappa shape index (κ1) is 15.1. The van der Waals surface area contributed by atoms with E-state index in [0.29, 0.717) is 0 Å². The minimum Gasteiger partial charge on any atom is -0.337 e. The van der Waals surface area contributed by atoms with Crippen molar-refractivity contribution in [3.05, 3.63) is 114 Å². The largest absolute Gasteiger partial charge is 0.337 e. The van der Waals surface area contributed by atoms with Crippen molar-refractivity contribution in [1.29, 1.82) is 0 Å². The summed E-state index contributed by atoms with van der Waals surface area (Å²) in [7, 11) is 0. The molecule has 26 heavy (non-hydrogen) atoms. The molecule has 0 radical (unpaired) electrons. The lowest BCUT2D eigenvalue weighted by molar-refractivity contribution is -0.122. The highest BCUT2D eigenvalue weighted by molar-refractivity contribution is 6.05. The number of hydrogen-bond acceptors (Lipinski definition) is 2. The average molecular weight is 339 g/mol. The van der Waals surface area contributed by atoms with Gasteiger partial charge in [0.1, 0.15) is 0 Å². The van der Waals surface area contributed by atoms with Crippen LogP contribution >= 0.6 is 0 Å². The lowest BCUT2D eigenvalue weighted by atomic mass is 9.80. The molecule has 0 bridgehead atoms. The molecule has 1 fully saturated rings. The highest BCUT2D eigenvalue weighted by atomic mass is 16.6. The van der Waals surface area contributed by atoms with Gasteiger partial charge in [0.2, 0.25) is 5.60 Å². The molecule has 2 aliphatic rings. The first-order chi connectivity index (χ1) is 12.8. The van der Waals surface area contributed by atoms with E-state index in [1.54, 1.807) is 0 Å². The first-order valence-corrected chi connectivity index (χ1v) is 8.67. The molecule has 3 nitrogen and oxygen atoms in total. The maximum absolute atomic E-state index is 13.0. The molecule has 0 aliphatic carbocycles. The van der Waals surface area contributed by atoms with Crippen LogP contribution in [0.15, 0.2) is 97.1 Å². The first-order valence-electron chi connectivity index (χ1n) is 8.67. The minimum atomic E-state index is -1.01. The molecule has 1 unspecified atom stereocenters. The summed E-state index contributed by atoms with van der Waals surface area (Å²) in [6.07, 6.45) is 1.94. The van der Waals surface area contributed by atoms with Crippen LogP contribution < -0.4 is 5.32 Å². The predicted molar refractivity (Wildman–Crippen MR) is 100 cm³/mol. The molecule has 3 heteroatoms. The monoisotopic (exact) mass is 339 g/mol. The zero-order chi connectivity index (χ0) is 17.6. The van der Waals surface area contributed by atoms with Crippen molar-refractivity contribution in [3.63, 3.8) is 0 Å². The van der Waals surface area contributed by atoms with Gasteiger partial charge >= 0.3 is 0 Å². The lowest BCUT2D eigenvalue weighted by Crippen LogP contribution is -2.34. The molecule has 126 valence electrons. The summed E-state index contributed by atoms with van der Waals surface area (Å²) in [5.41, 5.74) is 1.92. The van der Waals surface area contributed by atoms with Crippen molar-refractivity contribution in [1.82, 2.24) is 5.32 Å². The Labute approximate surface area is 151 Å². The maximum atomic E-state index is 13.0. The highest BCUT2D eigenvalue weighted by Crippen LogP contribution is 2.63. The fourth-order valence-corrected chi connectivity index (χ4v) is 3.91. The van der Waals surface area contributed by atoms with Gasteiger partial charge < -0.3 is 10.1 Å². The van der Waals surface area contributed by atoms with Crippen LogP contribution in [-0.4, -0.2) is 11.5 Å². The van der Waals surface area contributed by atoms with Gasteiger partial charge in [-0.25, -0.2) is 0 Å². The summed E-state index contributed by atoms with van der Waals surface area (Å²) < 4.78 is 6.30. The van der Waals surface area contributed by atoms with E-state index in [9.17, 15) is 4.79 Å². The number of benzene rings is 3. The van der Waals surface area contributed by atoms with Gasteiger partial charge in [-0.05, 0) is 22.8 Å². The number of hydrogen-bond donors (Lipinski definition) is 1. The van der Waals surface area contributed by atoms with Crippen molar-refractivity contribution >= 4 is 11.6 Å². The molecule has 1 spiro atoms. The van der Waals surface area contributed by atoms with Gasteiger partial charge in [-0.2, -0.15) is 0 Å². The number of rotatable bonds is 3. The molecule has 2 aliphatic heterocycles. The van der Waals surface area contributed by atoms with Gasteiger partial charge in [0, 0.05) is 5.70 Å². The van der Waals surface area contributed by atoms with Crippen LogP contribution in [0, 0.1) is 0 Å². The molecular weight excluding hydrogens is 322 g/mol. The zero-order valence-corrected chi connectivity index (χ0v) is 14.1. The number of carbonyl (C=O) groups is 1. The van der Waals surface area contributed by atoms with Gasteiger partial charge in [0.05, 0.1) is 0 Å². The lowest BCUT2D eigenvalue weighted by Gasteiger charge is -2.16. The van der Waals surface area contributed by atoms with Crippen LogP contribution in [0.3, 0.4) is 0 Å². The van der Waals surface area contributed by atoms with Crippen LogP contribution in [0.5, 0.6) is 0 Å². The van der Waals surface area contributed by atoms with Crippen LogP contribution in [-0.2, 0) is 15.1 Å². The fourth-order valence-electron chi connectivity index (χ4n) is 3.91. The normalized spacial score (nSPS) is 22.8. The maximum Gasteiger partial charge on any atom is 0.264 e. The Balaban J connectivity index is 1.68. The van der Waals surface area contributed by atoms with Crippen molar-refractivity contribution in [2.24, 2.45) is 0 Å². The predicted octanol–water partition coefficient (Wildman–Crippen LogP) is 3.87.